The Morgan fingerprint density at radius 1 is 1.24 bits per heavy atom. The number of urea groups is 1. The summed E-state index contributed by atoms with van der Waals surface area (Å²) in [4.78, 5) is 40.3. The van der Waals surface area contributed by atoms with E-state index in [0.717, 1.165) is 31.2 Å². The summed E-state index contributed by atoms with van der Waals surface area (Å²) in [6.07, 6.45) is 3.53. The molecule has 0 unspecified atom stereocenters. The first-order valence-electron chi connectivity index (χ1n) is 10.0. The van der Waals surface area contributed by atoms with Crippen molar-refractivity contribution < 1.29 is 29.0 Å². The van der Waals surface area contributed by atoms with Crippen LogP contribution in [-0.4, -0.2) is 71.8 Å². The van der Waals surface area contributed by atoms with Crippen molar-refractivity contribution in [1.29, 1.82) is 0 Å². The SMILES string of the molecule is CN(C(=O)N1CCOC[C@@H]1C(=O)OCc1ccccc1)[C@H](C(=O)O)C1CCCC1. The molecule has 2 aliphatic rings. The Kier molecular flexibility index (Phi) is 7.09. The maximum Gasteiger partial charge on any atom is 0.331 e. The molecule has 1 saturated carbocycles. The summed E-state index contributed by atoms with van der Waals surface area (Å²) >= 11 is 0. The van der Waals surface area contributed by atoms with Crippen molar-refractivity contribution in [2.45, 2.75) is 44.4 Å². The lowest BCUT2D eigenvalue weighted by atomic mass is 9.97. The topological polar surface area (TPSA) is 96.4 Å². The predicted molar refractivity (Wildman–Crippen MR) is 104 cm³/mol. The Balaban J connectivity index is 1.67. The third kappa shape index (κ3) is 5.06. The van der Waals surface area contributed by atoms with E-state index in [1.807, 2.05) is 30.3 Å². The first kappa shape index (κ1) is 21.1. The Labute approximate surface area is 170 Å². The monoisotopic (exact) mass is 404 g/mol. The second-order valence-corrected chi connectivity index (χ2v) is 7.60. The number of ether oxygens (including phenoxy) is 2. The first-order chi connectivity index (χ1) is 14.0. The van der Waals surface area contributed by atoms with Crippen LogP contribution in [0.25, 0.3) is 0 Å². The molecule has 29 heavy (non-hydrogen) atoms. The van der Waals surface area contributed by atoms with Crippen molar-refractivity contribution in [2.75, 3.05) is 26.8 Å². The number of nitrogens with zero attached hydrogens (tertiary/aromatic N) is 2. The van der Waals surface area contributed by atoms with Crippen molar-refractivity contribution >= 4 is 18.0 Å². The van der Waals surface area contributed by atoms with E-state index >= 15 is 0 Å². The molecule has 1 aliphatic heterocycles. The molecule has 3 rings (SSSR count). The molecule has 158 valence electrons. The van der Waals surface area contributed by atoms with E-state index in [4.69, 9.17) is 9.47 Å². The van der Waals surface area contributed by atoms with Gasteiger partial charge in [0.25, 0.3) is 0 Å². The van der Waals surface area contributed by atoms with Gasteiger partial charge < -0.3 is 24.4 Å². The highest BCUT2D eigenvalue weighted by molar-refractivity contribution is 5.87. The maximum atomic E-state index is 13.1. The van der Waals surface area contributed by atoms with Crippen LogP contribution >= 0.6 is 0 Å². The van der Waals surface area contributed by atoms with Crippen molar-refractivity contribution in [3.8, 4) is 0 Å². The van der Waals surface area contributed by atoms with Gasteiger partial charge in [-0.1, -0.05) is 43.2 Å². The fraction of sp³-hybridized carbons (Fsp3) is 0.571. The zero-order valence-electron chi connectivity index (χ0n) is 16.7. The van der Waals surface area contributed by atoms with E-state index in [1.165, 1.54) is 16.8 Å². The lowest BCUT2D eigenvalue weighted by Crippen LogP contribution is -2.59. The molecule has 0 spiro atoms. The molecule has 0 aromatic heterocycles. The van der Waals surface area contributed by atoms with Crippen LogP contribution in [0.5, 0.6) is 0 Å². The van der Waals surface area contributed by atoms with Gasteiger partial charge in [-0.2, -0.15) is 0 Å². The fourth-order valence-electron chi connectivity index (χ4n) is 4.13. The van der Waals surface area contributed by atoms with Crippen LogP contribution in [0.4, 0.5) is 4.79 Å². The molecule has 0 radical (unpaired) electrons. The minimum absolute atomic E-state index is 0.0361. The number of carbonyl (C=O) groups excluding carboxylic acids is 2. The average molecular weight is 404 g/mol. The molecule has 1 saturated heterocycles. The summed E-state index contributed by atoms with van der Waals surface area (Å²) in [6.45, 7) is 0.650. The lowest BCUT2D eigenvalue weighted by molar-refractivity contribution is -0.156. The normalized spacial score (nSPS) is 20.9. The largest absolute Gasteiger partial charge is 0.480 e. The molecule has 1 aliphatic carbocycles. The van der Waals surface area contributed by atoms with Gasteiger partial charge in [0.2, 0.25) is 0 Å². The number of hydrogen-bond donors (Lipinski definition) is 1. The number of esters is 1. The minimum atomic E-state index is -1.01. The van der Waals surface area contributed by atoms with Gasteiger partial charge in [0, 0.05) is 13.6 Å². The summed E-state index contributed by atoms with van der Waals surface area (Å²) in [7, 11) is 1.50. The molecule has 8 nitrogen and oxygen atoms in total. The molecular formula is C21H28N2O6. The van der Waals surface area contributed by atoms with Crippen molar-refractivity contribution in [1.82, 2.24) is 9.80 Å². The Bertz CT molecular complexity index is 719. The highest BCUT2D eigenvalue weighted by Gasteiger charge is 2.41. The van der Waals surface area contributed by atoms with Crippen LogP contribution in [0.15, 0.2) is 30.3 Å². The zero-order valence-corrected chi connectivity index (χ0v) is 16.7. The second-order valence-electron chi connectivity index (χ2n) is 7.60. The molecule has 1 N–H and O–H groups in total. The van der Waals surface area contributed by atoms with Gasteiger partial charge in [-0.25, -0.2) is 14.4 Å². The zero-order chi connectivity index (χ0) is 20.8. The van der Waals surface area contributed by atoms with Gasteiger partial charge >= 0.3 is 18.0 Å². The van der Waals surface area contributed by atoms with E-state index in [2.05, 4.69) is 0 Å². The van der Waals surface area contributed by atoms with Crippen LogP contribution in [0.3, 0.4) is 0 Å². The molecular weight excluding hydrogens is 376 g/mol. The molecule has 8 heteroatoms. The smallest absolute Gasteiger partial charge is 0.331 e. The van der Waals surface area contributed by atoms with Crippen LogP contribution in [-0.2, 0) is 25.7 Å². The third-order valence-corrected chi connectivity index (χ3v) is 5.69. The van der Waals surface area contributed by atoms with Gasteiger partial charge in [0.05, 0.1) is 13.2 Å². The standard InChI is InChI=1S/C21H28N2O6/c1-22(18(19(24)25)16-9-5-6-10-16)21(27)23-11-12-28-14-17(23)20(26)29-13-15-7-3-2-4-8-15/h2-4,7-8,16-18H,5-6,9-14H2,1H3,(H,24,25)/t17-,18+/m1/s1. The van der Waals surface area contributed by atoms with Crippen molar-refractivity contribution in [3.05, 3.63) is 35.9 Å². The molecule has 2 atom stereocenters. The number of carboxylic acids is 1. The summed E-state index contributed by atoms with van der Waals surface area (Å²) in [5.74, 6) is -1.63. The summed E-state index contributed by atoms with van der Waals surface area (Å²) < 4.78 is 10.8. The predicted octanol–water partition coefficient (Wildman–Crippen LogP) is 2.13. The number of rotatable bonds is 6. The fourth-order valence-corrected chi connectivity index (χ4v) is 4.13. The Morgan fingerprint density at radius 2 is 1.93 bits per heavy atom. The molecule has 2 fully saturated rings. The first-order valence-corrected chi connectivity index (χ1v) is 10.0. The maximum absolute atomic E-state index is 13.1. The highest BCUT2D eigenvalue weighted by atomic mass is 16.5. The number of hydrogen-bond acceptors (Lipinski definition) is 5. The quantitative estimate of drug-likeness (QED) is 0.730. The summed E-state index contributed by atoms with van der Waals surface area (Å²) in [5.41, 5.74) is 0.847. The minimum Gasteiger partial charge on any atom is -0.480 e. The van der Waals surface area contributed by atoms with E-state index in [9.17, 15) is 19.5 Å². The molecule has 0 bridgehead atoms. The van der Waals surface area contributed by atoms with Crippen LogP contribution < -0.4 is 0 Å². The van der Waals surface area contributed by atoms with E-state index in [0.29, 0.717) is 6.61 Å². The average Bonchev–Trinajstić information content (AvgIpc) is 3.26. The summed E-state index contributed by atoms with van der Waals surface area (Å²) in [5, 5.41) is 9.71. The van der Waals surface area contributed by atoms with E-state index < -0.39 is 30.1 Å². The number of morpholine rings is 1. The van der Waals surface area contributed by atoms with Gasteiger partial charge in [-0.05, 0) is 24.3 Å². The number of carboxylic acid groups (broad SMARTS) is 1. The van der Waals surface area contributed by atoms with Gasteiger partial charge in [-0.3, -0.25) is 0 Å². The molecule has 2 amide bonds. The number of likely N-dealkylation sites (N-methyl/N-ethyl adjacent to an activating group) is 1. The number of amides is 2. The Hall–Kier alpha value is -2.61. The second kappa shape index (κ2) is 9.73. The summed E-state index contributed by atoms with van der Waals surface area (Å²) in [6, 6.07) is 7.02. The van der Waals surface area contributed by atoms with Gasteiger partial charge in [-0.15, -0.1) is 0 Å². The van der Waals surface area contributed by atoms with Gasteiger partial charge in [0.15, 0.2) is 6.04 Å². The van der Waals surface area contributed by atoms with Crippen molar-refractivity contribution in [3.63, 3.8) is 0 Å². The molecule has 1 aromatic carbocycles. The lowest BCUT2D eigenvalue weighted by Gasteiger charge is -2.39. The van der Waals surface area contributed by atoms with E-state index in [1.54, 1.807) is 0 Å². The Morgan fingerprint density at radius 3 is 2.59 bits per heavy atom. The van der Waals surface area contributed by atoms with Crippen LogP contribution in [0, 0.1) is 5.92 Å². The highest BCUT2D eigenvalue weighted by Crippen LogP contribution is 2.31. The van der Waals surface area contributed by atoms with E-state index in [-0.39, 0.29) is 25.7 Å². The number of benzene rings is 1. The molecule has 1 heterocycles. The van der Waals surface area contributed by atoms with Crippen LogP contribution in [0.1, 0.15) is 31.2 Å². The number of aliphatic carboxylic acids is 1. The van der Waals surface area contributed by atoms with Gasteiger partial charge in [0.1, 0.15) is 12.6 Å². The number of carbonyl (C=O) groups is 3. The molecule has 1 aromatic rings. The van der Waals surface area contributed by atoms with Crippen LogP contribution in [0.2, 0.25) is 0 Å². The van der Waals surface area contributed by atoms with Crippen molar-refractivity contribution in [2.24, 2.45) is 5.92 Å². The third-order valence-electron chi connectivity index (χ3n) is 5.69.